The van der Waals surface area contributed by atoms with Crippen LogP contribution in [0.4, 0.5) is 0 Å². The Kier molecular flexibility index (Phi) is 6.72. The maximum Gasteiger partial charge on any atom is 0.354 e. The molecule has 8 nitrogen and oxygen atoms in total. The first-order valence-corrected chi connectivity index (χ1v) is 11.4. The number of aromatic nitrogens is 1. The first kappa shape index (κ1) is 22.9. The van der Waals surface area contributed by atoms with Crippen molar-refractivity contribution >= 4 is 17.7 Å². The molecule has 0 atom stereocenters. The Morgan fingerprint density at radius 2 is 1.82 bits per heavy atom. The van der Waals surface area contributed by atoms with Gasteiger partial charge in [-0.3, -0.25) is 9.59 Å². The number of aromatic amines is 1. The van der Waals surface area contributed by atoms with Gasteiger partial charge in [0.05, 0.1) is 13.7 Å². The van der Waals surface area contributed by atoms with Gasteiger partial charge in [-0.25, -0.2) is 4.79 Å². The Balaban J connectivity index is 1.60. The second kappa shape index (κ2) is 9.68. The number of nitrogens with zero attached hydrogens (tertiary/aromatic N) is 1. The molecule has 176 valence electrons. The number of aryl methyl sites for hydroxylation is 1. The van der Waals surface area contributed by atoms with Crippen LogP contribution in [0.1, 0.15) is 74.6 Å². The average Bonchev–Trinajstić information content (AvgIpc) is 3.41. The number of hydrogen-bond donors (Lipinski definition) is 1. The van der Waals surface area contributed by atoms with Gasteiger partial charge in [-0.1, -0.05) is 19.3 Å². The van der Waals surface area contributed by atoms with E-state index in [-0.39, 0.29) is 30.7 Å². The van der Waals surface area contributed by atoms with E-state index in [9.17, 15) is 14.4 Å². The third kappa shape index (κ3) is 4.74. The largest absolute Gasteiger partial charge is 0.464 e. The summed E-state index contributed by atoms with van der Waals surface area (Å²) in [4.78, 5) is 43.5. The number of ether oxygens (including phenoxy) is 3. The van der Waals surface area contributed by atoms with Gasteiger partial charge in [-0.05, 0) is 56.4 Å². The lowest BCUT2D eigenvalue weighted by atomic mass is 9.88. The molecule has 1 saturated carbocycles. The van der Waals surface area contributed by atoms with E-state index in [2.05, 4.69) is 4.98 Å². The number of rotatable bonds is 7. The van der Waals surface area contributed by atoms with E-state index in [1.54, 1.807) is 36.9 Å². The summed E-state index contributed by atoms with van der Waals surface area (Å²) in [6.45, 7) is 4.05. The van der Waals surface area contributed by atoms with Crippen LogP contribution in [0.15, 0.2) is 18.2 Å². The van der Waals surface area contributed by atoms with Crippen molar-refractivity contribution in [3.8, 4) is 11.5 Å². The van der Waals surface area contributed by atoms with Crippen molar-refractivity contribution in [1.82, 2.24) is 9.88 Å². The number of hydrogen-bond acceptors (Lipinski definition) is 6. The van der Waals surface area contributed by atoms with Gasteiger partial charge in [0.1, 0.15) is 5.69 Å². The van der Waals surface area contributed by atoms with Gasteiger partial charge in [-0.15, -0.1) is 0 Å². The van der Waals surface area contributed by atoms with E-state index in [1.165, 1.54) is 13.5 Å². The van der Waals surface area contributed by atoms with Gasteiger partial charge in [0.25, 0.3) is 5.91 Å². The summed E-state index contributed by atoms with van der Waals surface area (Å²) in [5.41, 5.74) is 2.28. The fourth-order valence-corrected chi connectivity index (χ4v) is 4.84. The second-order valence-corrected chi connectivity index (χ2v) is 8.80. The molecule has 2 aromatic rings. The summed E-state index contributed by atoms with van der Waals surface area (Å²) >= 11 is 0. The fraction of sp³-hybridized carbons (Fsp3) is 0.480. The van der Waals surface area contributed by atoms with Crippen LogP contribution in [0, 0.1) is 19.8 Å². The van der Waals surface area contributed by atoms with Crippen molar-refractivity contribution in [1.29, 1.82) is 0 Å². The molecule has 0 radical (unpaired) electrons. The molecule has 1 aliphatic carbocycles. The van der Waals surface area contributed by atoms with Crippen LogP contribution in [0.2, 0.25) is 0 Å². The van der Waals surface area contributed by atoms with Crippen molar-refractivity contribution in [3.05, 3.63) is 46.3 Å². The van der Waals surface area contributed by atoms with Crippen LogP contribution in [0.3, 0.4) is 0 Å². The van der Waals surface area contributed by atoms with Crippen molar-refractivity contribution in [3.63, 3.8) is 0 Å². The number of nitrogens with one attached hydrogen (secondary N) is 1. The van der Waals surface area contributed by atoms with Crippen LogP contribution in [0.5, 0.6) is 11.5 Å². The minimum Gasteiger partial charge on any atom is -0.464 e. The van der Waals surface area contributed by atoms with Crippen LogP contribution >= 0.6 is 0 Å². The number of benzene rings is 1. The van der Waals surface area contributed by atoms with E-state index < -0.39 is 5.97 Å². The monoisotopic (exact) mass is 454 g/mol. The number of ketones is 1. The van der Waals surface area contributed by atoms with E-state index in [1.807, 2.05) is 0 Å². The van der Waals surface area contributed by atoms with Crippen LogP contribution in [-0.2, 0) is 4.74 Å². The third-order valence-electron chi connectivity index (χ3n) is 6.55. The highest BCUT2D eigenvalue weighted by atomic mass is 16.7. The highest BCUT2D eigenvalue weighted by Crippen LogP contribution is 2.33. The Morgan fingerprint density at radius 1 is 1.09 bits per heavy atom. The first-order valence-electron chi connectivity index (χ1n) is 11.4. The molecule has 1 amide bonds. The van der Waals surface area contributed by atoms with Gasteiger partial charge < -0.3 is 24.1 Å². The number of amides is 1. The van der Waals surface area contributed by atoms with Gasteiger partial charge in [-0.2, -0.15) is 0 Å². The van der Waals surface area contributed by atoms with Crippen molar-refractivity contribution < 1.29 is 28.6 Å². The topological polar surface area (TPSA) is 97.9 Å². The zero-order chi connectivity index (χ0) is 23.5. The molecule has 0 bridgehead atoms. The van der Waals surface area contributed by atoms with Gasteiger partial charge in [0.15, 0.2) is 17.3 Å². The smallest absolute Gasteiger partial charge is 0.354 e. The number of esters is 1. The molecule has 0 saturated heterocycles. The standard InChI is InChI=1S/C25H30N2O6/c1-15-22(16(2)26-23(15)25(30)31-3)19(28)13-27(12-17-7-5-4-6-8-17)24(29)18-9-10-20-21(11-18)33-14-32-20/h9-11,17,26H,4-8,12-14H2,1-3H3. The molecule has 8 heteroatoms. The zero-order valence-electron chi connectivity index (χ0n) is 19.4. The van der Waals surface area contributed by atoms with Crippen LogP contribution in [-0.4, -0.2) is 54.5 Å². The van der Waals surface area contributed by atoms with Crippen molar-refractivity contribution in [2.45, 2.75) is 46.0 Å². The van der Waals surface area contributed by atoms with Crippen LogP contribution < -0.4 is 9.47 Å². The predicted molar refractivity (Wildman–Crippen MR) is 121 cm³/mol. The highest BCUT2D eigenvalue weighted by Gasteiger charge is 2.28. The summed E-state index contributed by atoms with van der Waals surface area (Å²) < 4.78 is 15.6. The molecule has 1 aromatic heterocycles. The summed E-state index contributed by atoms with van der Waals surface area (Å²) in [6, 6.07) is 5.10. The molecule has 1 fully saturated rings. The maximum absolute atomic E-state index is 13.5. The zero-order valence-corrected chi connectivity index (χ0v) is 19.4. The fourth-order valence-electron chi connectivity index (χ4n) is 4.84. The van der Waals surface area contributed by atoms with Crippen molar-refractivity contribution in [2.24, 2.45) is 5.92 Å². The molecule has 1 aromatic carbocycles. The minimum absolute atomic E-state index is 0.0656. The second-order valence-electron chi connectivity index (χ2n) is 8.80. The highest BCUT2D eigenvalue weighted by molar-refractivity contribution is 6.05. The quantitative estimate of drug-likeness (QED) is 0.501. The number of fused-ring (bicyclic) bond motifs is 1. The number of Topliss-reactive ketones (excluding diaryl/α,β-unsaturated/α-hetero) is 1. The Labute approximate surface area is 193 Å². The lowest BCUT2D eigenvalue weighted by molar-refractivity contribution is 0.0593. The molecule has 1 aliphatic heterocycles. The first-order chi connectivity index (χ1) is 15.9. The van der Waals surface area contributed by atoms with E-state index in [4.69, 9.17) is 14.2 Å². The summed E-state index contributed by atoms with van der Waals surface area (Å²) in [5.74, 6) is 0.557. The molecule has 33 heavy (non-hydrogen) atoms. The molecule has 4 rings (SSSR count). The van der Waals surface area contributed by atoms with E-state index in [0.29, 0.717) is 46.3 Å². The molecular weight excluding hydrogens is 424 g/mol. The molecule has 0 spiro atoms. The maximum atomic E-state index is 13.5. The Bertz CT molecular complexity index is 1070. The predicted octanol–water partition coefficient (Wildman–Crippen LogP) is 4.05. The molecule has 2 heterocycles. The molecule has 0 unspecified atom stereocenters. The van der Waals surface area contributed by atoms with Crippen molar-refractivity contribution in [2.75, 3.05) is 27.0 Å². The summed E-state index contributed by atoms with van der Waals surface area (Å²) in [5, 5.41) is 0. The Hall–Kier alpha value is -3.29. The summed E-state index contributed by atoms with van der Waals surface area (Å²) in [6.07, 6.45) is 5.59. The van der Waals surface area contributed by atoms with Gasteiger partial charge in [0.2, 0.25) is 6.79 Å². The summed E-state index contributed by atoms with van der Waals surface area (Å²) in [7, 11) is 1.30. The number of carbonyl (C=O) groups is 3. The lowest BCUT2D eigenvalue weighted by Gasteiger charge is -2.29. The lowest BCUT2D eigenvalue weighted by Crippen LogP contribution is -2.40. The van der Waals surface area contributed by atoms with Gasteiger partial charge >= 0.3 is 5.97 Å². The molecule has 2 aliphatic rings. The Morgan fingerprint density at radius 3 is 2.55 bits per heavy atom. The number of H-pyrrole nitrogens is 1. The van der Waals surface area contributed by atoms with E-state index >= 15 is 0 Å². The van der Waals surface area contributed by atoms with E-state index in [0.717, 1.165) is 25.7 Å². The van der Waals surface area contributed by atoms with Gasteiger partial charge in [0, 0.05) is 23.4 Å². The third-order valence-corrected chi connectivity index (χ3v) is 6.55. The average molecular weight is 455 g/mol. The minimum atomic E-state index is -0.523. The number of methoxy groups -OCH3 is 1. The van der Waals surface area contributed by atoms with Crippen LogP contribution in [0.25, 0.3) is 0 Å². The number of carbonyl (C=O) groups excluding carboxylic acids is 3. The normalized spacial score (nSPS) is 15.4. The molecular formula is C25H30N2O6. The molecule has 1 N–H and O–H groups in total. The SMILES string of the molecule is COC(=O)c1[nH]c(C)c(C(=O)CN(CC2CCCCC2)C(=O)c2ccc3c(c2)OCO3)c1C.